The number of hydrogen-bond donors (Lipinski definition) is 0. The summed E-state index contributed by atoms with van der Waals surface area (Å²) in [5.74, 6) is 1.34. The quantitative estimate of drug-likeness (QED) is 0.840. The van der Waals surface area contributed by atoms with E-state index in [1.54, 1.807) is 11.3 Å². The van der Waals surface area contributed by atoms with E-state index in [4.69, 9.17) is 9.15 Å². The Labute approximate surface area is 139 Å². The van der Waals surface area contributed by atoms with Crippen LogP contribution in [0.5, 0.6) is 0 Å². The van der Waals surface area contributed by atoms with Gasteiger partial charge in [-0.1, -0.05) is 19.9 Å². The third-order valence-corrected chi connectivity index (χ3v) is 4.79. The molecule has 1 aliphatic heterocycles. The van der Waals surface area contributed by atoms with Gasteiger partial charge in [-0.25, -0.2) is 0 Å². The molecule has 0 aromatic carbocycles. The number of amides is 1. The van der Waals surface area contributed by atoms with E-state index in [0.29, 0.717) is 38.0 Å². The molecule has 1 fully saturated rings. The Balaban J connectivity index is 1.68. The molecule has 1 saturated heterocycles. The van der Waals surface area contributed by atoms with Crippen LogP contribution < -0.4 is 0 Å². The zero-order valence-corrected chi connectivity index (χ0v) is 14.2. The van der Waals surface area contributed by atoms with E-state index in [1.807, 2.05) is 30.2 Å². The molecule has 0 bridgehead atoms. The lowest BCUT2D eigenvalue weighted by atomic mass is 10.1. The van der Waals surface area contributed by atoms with E-state index in [-0.39, 0.29) is 17.9 Å². The average Bonchev–Trinajstić information content (AvgIpc) is 3.24. The summed E-state index contributed by atoms with van der Waals surface area (Å²) in [7, 11) is 0. The summed E-state index contributed by atoms with van der Waals surface area (Å²) in [5, 5.41) is 10.2. The van der Waals surface area contributed by atoms with Crippen LogP contribution >= 0.6 is 11.3 Å². The highest BCUT2D eigenvalue weighted by atomic mass is 32.1. The highest BCUT2D eigenvalue weighted by Crippen LogP contribution is 2.26. The van der Waals surface area contributed by atoms with Gasteiger partial charge in [-0.3, -0.25) is 4.79 Å². The van der Waals surface area contributed by atoms with Gasteiger partial charge in [0.25, 0.3) is 0 Å². The van der Waals surface area contributed by atoms with Gasteiger partial charge in [0.2, 0.25) is 17.7 Å². The van der Waals surface area contributed by atoms with Crippen molar-refractivity contribution in [3.63, 3.8) is 0 Å². The molecule has 2 aromatic heterocycles. The third-order valence-electron chi connectivity index (χ3n) is 3.85. The first-order chi connectivity index (χ1) is 11.1. The second-order valence-electron chi connectivity index (χ2n) is 5.89. The molecule has 23 heavy (non-hydrogen) atoms. The van der Waals surface area contributed by atoms with Crippen LogP contribution in [0.3, 0.4) is 0 Å². The van der Waals surface area contributed by atoms with E-state index in [1.165, 1.54) is 4.88 Å². The topological polar surface area (TPSA) is 68.5 Å². The van der Waals surface area contributed by atoms with Crippen LogP contribution in [0.2, 0.25) is 0 Å². The van der Waals surface area contributed by atoms with Crippen molar-refractivity contribution in [2.45, 2.75) is 38.6 Å². The first-order valence-corrected chi connectivity index (χ1v) is 8.76. The van der Waals surface area contributed by atoms with Gasteiger partial charge >= 0.3 is 0 Å². The summed E-state index contributed by atoms with van der Waals surface area (Å²) in [6, 6.07) is 3.79. The Morgan fingerprint density at radius 1 is 1.48 bits per heavy atom. The molecule has 2 aromatic rings. The van der Waals surface area contributed by atoms with Crippen molar-refractivity contribution in [1.82, 2.24) is 15.1 Å². The number of aromatic nitrogens is 2. The van der Waals surface area contributed by atoms with Crippen LogP contribution in [0.25, 0.3) is 0 Å². The van der Waals surface area contributed by atoms with Gasteiger partial charge in [0, 0.05) is 23.8 Å². The number of aryl methyl sites for hydroxylation is 1. The Hall–Kier alpha value is -1.73. The van der Waals surface area contributed by atoms with E-state index in [2.05, 4.69) is 16.3 Å². The minimum absolute atomic E-state index is 0.107. The Morgan fingerprint density at radius 3 is 3.04 bits per heavy atom. The van der Waals surface area contributed by atoms with Gasteiger partial charge in [0.15, 0.2) is 0 Å². The largest absolute Gasteiger partial charge is 0.423 e. The van der Waals surface area contributed by atoms with Crippen LogP contribution in [0.1, 0.15) is 48.9 Å². The molecule has 0 spiro atoms. The third kappa shape index (κ3) is 3.79. The molecule has 0 aliphatic carbocycles. The standard InChI is InChI=1S/C16H21N3O3S/c1-11(2)15-17-18-16(22-15)13-10-21-8-7-19(13)14(20)6-5-12-4-3-9-23-12/h3-4,9,11,13H,5-8,10H2,1-2H3/t13-/m0/s1. The van der Waals surface area contributed by atoms with Crippen molar-refractivity contribution >= 4 is 17.2 Å². The molecule has 124 valence electrons. The van der Waals surface area contributed by atoms with Gasteiger partial charge < -0.3 is 14.1 Å². The van der Waals surface area contributed by atoms with E-state index in [9.17, 15) is 4.79 Å². The maximum Gasteiger partial charge on any atom is 0.241 e. The smallest absolute Gasteiger partial charge is 0.241 e. The molecule has 3 heterocycles. The number of carbonyl (C=O) groups is 1. The summed E-state index contributed by atoms with van der Waals surface area (Å²) < 4.78 is 11.2. The van der Waals surface area contributed by atoms with E-state index < -0.39 is 0 Å². The van der Waals surface area contributed by atoms with Gasteiger partial charge in [-0.05, 0) is 17.9 Å². The van der Waals surface area contributed by atoms with E-state index in [0.717, 1.165) is 6.42 Å². The fourth-order valence-electron chi connectivity index (χ4n) is 2.55. The minimum atomic E-state index is -0.278. The Morgan fingerprint density at radius 2 is 2.35 bits per heavy atom. The molecule has 1 atom stereocenters. The second-order valence-corrected chi connectivity index (χ2v) is 6.92. The van der Waals surface area contributed by atoms with Gasteiger partial charge in [-0.15, -0.1) is 21.5 Å². The average molecular weight is 335 g/mol. The summed E-state index contributed by atoms with van der Waals surface area (Å²) >= 11 is 1.68. The van der Waals surface area contributed by atoms with Gasteiger partial charge in [0.05, 0.1) is 13.2 Å². The Kier molecular flexibility index (Phi) is 5.07. The van der Waals surface area contributed by atoms with E-state index >= 15 is 0 Å². The molecule has 1 amide bonds. The molecular formula is C16H21N3O3S. The number of ether oxygens (including phenoxy) is 1. The molecule has 6 nitrogen and oxygen atoms in total. The van der Waals surface area contributed by atoms with Crippen LogP contribution in [-0.2, 0) is 16.0 Å². The second kappa shape index (κ2) is 7.23. The number of morpholine rings is 1. The van der Waals surface area contributed by atoms with Gasteiger partial charge in [0.1, 0.15) is 6.04 Å². The number of nitrogens with zero attached hydrogens (tertiary/aromatic N) is 3. The SMILES string of the molecule is CC(C)c1nnc([C@@H]2COCCN2C(=O)CCc2cccs2)o1. The number of carbonyl (C=O) groups excluding carboxylic acids is 1. The number of rotatable bonds is 5. The lowest BCUT2D eigenvalue weighted by molar-refractivity contribution is -0.141. The normalized spacial score (nSPS) is 18.6. The van der Waals surface area contributed by atoms with Crippen LogP contribution in [-0.4, -0.2) is 40.8 Å². The Bertz CT molecular complexity index is 639. The maximum atomic E-state index is 12.6. The predicted octanol–water partition coefficient (Wildman–Crippen LogP) is 2.79. The molecule has 0 saturated carbocycles. The molecule has 7 heteroatoms. The molecule has 1 aliphatic rings. The van der Waals surface area contributed by atoms with Crippen molar-refractivity contribution in [3.05, 3.63) is 34.2 Å². The molecule has 0 radical (unpaired) electrons. The van der Waals surface area contributed by atoms with Crippen molar-refractivity contribution < 1.29 is 13.9 Å². The summed E-state index contributed by atoms with van der Waals surface area (Å²) in [4.78, 5) is 15.6. The van der Waals surface area contributed by atoms with Crippen molar-refractivity contribution in [1.29, 1.82) is 0 Å². The molecule has 0 unspecified atom stereocenters. The summed E-state index contributed by atoms with van der Waals surface area (Å²) in [5.41, 5.74) is 0. The molecular weight excluding hydrogens is 314 g/mol. The number of thiophene rings is 1. The predicted molar refractivity (Wildman–Crippen MR) is 86.3 cm³/mol. The van der Waals surface area contributed by atoms with Gasteiger partial charge in [-0.2, -0.15) is 0 Å². The van der Waals surface area contributed by atoms with Crippen molar-refractivity contribution in [3.8, 4) is 0 Å². The van der Waals surface area contributed by atoms with Crippen molar-refractivity contribution in [2.24, 2.45) is 0 Å². The maximum absolute atomic E-state index is 12.6. The van der Waals surface area contributed by atoms with Crippen LogP contribution in [0, 0.1) is 0 Å². The first kappa shape index (κ1) is 16.1. The fraction of sp³-hybridized carbons (Fsp3) is 0.562. The lowest BCUT2D eigenvalue weighted by Gasteiger charge is -2.33. The number of hydrogen-bond acceptors (Lipinski definition) is 6. The molecule has 3 rings (SSSR count). The minimum Gasteiger partial charge on any atom is -0.423 e. The molecule has 0 N–H and O–H groups in total. The summed E-state index contributed by atoms with van der Waals surface area (Å²) in [6.07, 6.45) is 1.25. The zero-order valence-electron chi connectivity index (χ0n) is 13.4. The monoisotopic (exact) mass is 335 g/mol. The zero-order chi connectivity index (χ0) is 16.2. The highest BCUT2D eigenvalue weighted by Gasteiger charge is 2.32. The van der Waals surface area contributed by atoms with Crippen molar-refractivity contribution in [2.75, 3.05) is 19.8 Å². The first-order valence-electron chi connectivity index (χ1n) is 7.88. The fourth-order valence-corrected chi connectivity index (χ4v) is 3.26. The summed E-state index contributed by atoms with van der Waals surface area (Å²) in [6.45, 7) is 5.52. The highest BCUT2D eigenvalue weighted by molar-refractivity contribution is 7.09. The lowest BCUT2D eigenvalue weighted by Crippen LogP contribution is -2.43. The van der Waals surface area contributed by atoms with Crippen LogP contribution in [0.4, 0.5) is 0 Å². The van der Waals surface area contributed by atoms with Crippen LogP contribution in [0.15, 0.2) is 21.9 Å².